The Balaban J connectivity index is 1.57. The van der Waals surface area contributed by atoms with Gasteiger partial charge in [-0.25, -0.2) is 4.39 Å². The molecule has 3 N–H and O–H groups in total. The van der Waals surface area contributed by atoms with Crippen molar-refractivity contribution in [2.45, 2.75) is 38.3 Å². The van der Waals surface area contributed by atoms with Crippen LogP contribution in [0.1, 0.15) is 52.6 Å². The number of hydrogen-bond donors (Lipinski definition) is 3. The van der Waals surface area contributed by atoms with Gasteiger partial charge < -0.3 is 10.6 Å². The van der Waals surface area contributed by atoms with Gasteiger partial charge in [0, 0.05) is 30.8 Å². The van der Waals surface area contributed by atoms with E-state index < -0.39 is 0 Å². The van der Waals surface area contributed by atoms with Crippen molar-refractivity contribution in [3.8, 4) is 0 Å². The quantitative estimate of drug-likeness (QED) is 0.807. The molecule has 2 aromatic rings. The number of rotatable bonds is 4. The zero-order chi connectivity index (χ0) is 16.5. The molecule has 1 fully saturated rings. The summed E-state index contributed by atoms with van der Waals surface area (Å²) in [6, 6.07) is 6.34. The highest BCUT2D eigenvalue weighted by Crippen LogP contribution is 2.38. The Morgan fingerprint density at radius 2 is 2.08 bits per heavy atom. The Morgan fingerprint density at radius 1 is 1.29 bits per heavy atom. The summed E-state index contributed by atoms with van der Waals surface area (Å²) >= 11 is 0. The number of carbonyl (C=O) groups is 1. The van der Waals surface area contributed by atoms with E-state index in [0.717, 1.165) is 42.6 Å². The topological polar surface area (TPSA) is 69.8 Å². The fourth-order valence-electron chi connectivity index (χ4n) is 3.54. The number of halogens is 1. The van der Waals surface area contributed by atoms with Crippen LogP contribution in [0, 0.1) is 11.7 Å². The fraction of sp³-hybridized carbons (Fsp3) is 0.444. The van der Waals surface area contributed by atoms with Crippen LogP contribution < -0.4 is 10.6 Å². The molecular formula is C18H21FN4O. The molecule has 1 amide bonds. The van der Waals surface area contributed by atoms with Gasteiger partial charge in [-0.05, 0) is 36.5 Å². The number of H-pyrrole nitrogens is 1. The van der Waals surface area contributed by atoms with E-state index in [-0.39, 0.29) is 17.8 Å². The number of hydrogen-bond acceptors (Lipinski definition) is 3. The normalized spacial score (nSPS) is 18.5. The summed E-state index contributed by atoms with van der Waals surface area (Å²) in [6.07, 6.45) is 4.21. The number of benzene rings is 1. The maximum Gasteiger partial charge on any atom is 0.272 e. The molecule has 24 heavy (non-hydrogen) atoms. The molecule has 6 heteroatoms. The van der Waals surface area contributed by atoms with Crippen LogP contribution in [0.2, 0.25) is 0 Å². The minimum Gasteiger partial charge on any atom is -0.344 e. The molecule has 1 saturated carbocycles. The van der Waals surface area contributed by atoms with E-state index >= 15 is 0 Å². The lowest BCUT2D eigenvalue weighted by Gasteiger charge is -2.34. The largest absolute Gasteiger partial charge is 0.344 e. The van der Waals surface area contributed by atoms with Crippen molar-refractivity contribution in [1.29, 1.82) is 0 Å². The molecule has 0 radical (unpaired) electrons. The second-order valence-corrected chi connectivity index (χ2v) is 6.65. The lowest BCUT2D eigenvalue weighted by atomic mass is 9.77. The molecule has 0 saturated heterocycles. The van der Waals surface area contributed by atoms with Crippen molar-refractivity contribution in [2.75, 3.05) is 6.54 Å². The van der Waals surface area contributed by atoms with E-state index in [0.29, 0.717) is 18.2 Å². The Hall–Kier alpha value is -2.21. The number of aromatic nitrogens is 2. The van der Waals surface area contributed by atoms with Crippen LogP contribution >= 0.6 is 0 Å². The predicted molar refractivity (Wildman–Crippen MR) is 87.9 cm³/mol. The van der Waals surface area contributed by atoms with Crippen molar-refractivity contribution in [1.82, 2.24) is 20.8 Å². The average molecular weight is 328 g/mol. The van der Waals surface area contributed by atoms with Gasteiger partial charge >= 0.3 is 0 Å². The summed E-state index contributed by atoms with van der Waals surface area (Å²) in [4.78, 5) is 12.8. The van der Waals surface area contributed by atoms with Gasteiger partial charge in [0.1, 0.15) is 5.82 Å². The molecule has 1 aromatic heterocycles. The molecule has 2 aliphatic rings. The number of nitrogens with zero attached hydrogens (tertiary/aromatic N) is 1. The first kappa shape index (κ1) is 15.3. The van der Waals surface area contributed by atoms with Crippen LogP contribution in [0.3, 0.4) is 0 Å². The summed E-state index contributed by atoms with van der Waals surface area (Å²) in [7, 11) is 0. The van der Waals surface area contributed by atoms with Gasteiger partial charge in [0.2, 0.25) is 0 Å². The Kier molecular flexibility index (Phi) is 4.06. The molecule has 0 spiro atoms. The lowest BCUT2D eigenvalue weighted by molar-refractivity contribution is 0.0894. The van der Waals surface area contributed by atoms with E-state index in [1.165, 1.54) is 18.6 Å². The predicted octanol–water partition coefficient (Wildman–Crippen LogP) is 2.47. The van der Waals surface area contributed by atoms with Gasteiger partial charge in [-0.3, -0.25) is 9.89 Å². The molecular weight excluding hydrogens is 307 g/mol. The summed E-state index contributed by atoms with van der Waals surface area (Å²) in [6.45, 7) is 1.57. The molecule has 2 heterocycles. The zero-order valence-corrected chi connectivity index (χ0v) is 13.4. The fourth-order valence-corrected chi connectivity index (χ4v) is 3.54. The second-order valence-electron chi connectivity index (χ2n) is 6.65. The van der Waals surface area contributed by atoms with Gasteiger partial charge in [-0.15, -0.1) is 0 Å². The first-order valence-corrected chi connectivity index (χ1v) is 8.55. The standard InChI is InChI=1S/C18H21FN4O/c19-13-6-4-12(5-7-13)16(11-2-1-3-11)21-18(24)17-14-10-20-9-8-15(14)22-23-17/h4-7,11,16,20H,1-3,8-10H2,(H,21,24)(H,22,23). The van der Waals surface area contributed by atoms with Gasteiger partial charge in [-0.1, -0.05) is 18.6 Å². The molecule has 1 aliphatic heterocycles. The van der Waals surface area contributed by atoms with Crippen molar-refractivity contribution < 1.29 is 9.18 Å². The Bertz CT molecular complexity index is 736. The van der Waals surface area contributed by atoms with Crippen LogP contribution in [0.4, 0.5) is 4.39 Å². The number of carbonyl (C=O) groups excluding carboxylic acids is 1. The van der Waals surface area contributed by atoms with E-state index in [4.69, 9.17) is 0 Å². The molecule has 1 atom stereocenters. The highest BCUT2D eigenvalue weighted by Gasteiger charge is 2.31. The molecule has 1 aliphatic carbocycles. The maximum absolute atomic E-state index is 13.2. The maximum atomic E-state index is 13.2. The van der Waals surface area contributed by atoms with Gasteiger partial charge in [-0.2, -0.15) is 5.10 Å². The first-order valence-electron chi connectivity index (χ1n) is 8.55. The third-order valence-electron chi connectivity index (χ3n) is 5.16. The minimum atomic E-state index is -0.259. The molecule has 1 aromatic carbocycles. The summed E-state index contributed by atoms with van der Waals surface area (Å²) < 4.78 is 13.2. The SMILES string of the molecule is O=C(NC(c1ccc(F)cc1)C1CCC1)c1n[nH]c2c1CNCC2. The van der Waals surface area contributed by atoms with Gasteiger partial charge in [0.15, 0.2) is 5.69 Å². The van der Waals surface area contributed by atoms with Crippen molar-refractivity contribution in [2.24, 2.45) is 5.92 Å². The Labute approximate surface area is 140 Å². The van der Waals surface area contributed by atoms with Gasteiger partial charge in [0.25, 0.3) is 5.91 Å². The van der Waals surface area contributed by atoms with Crippen LogP contribution in [-0.2, 0) is 13.0 Å². The molecule has 0 bridgehead atoms. The molecule has 1 unspecified atom stereocenters. The van der Waals surface area contributed by atoms with Crippen LogP contribution in [-0.4, -0.2) is 22.6 Å². The van der Waals surface area contributed by atoms with E-state index in [1.807, 2.05) is 0 Å². The lowest BCUT2D eigenvalue weighted by Crippen LogP contribution is -2.37. The average Bonchev–Trinajstić information content (AvgIpc) is 2.97. The van der Waals surface area contributed by atoms with Gasteiger partial charge in [0.05, 0.1) is 6.04 Å². The van der Waals surface area contributed by atoms with E-state index in [2.05, 4.69) is 20.8 Å². The third-order valence-corrected chi connectivity index (χ3v) is 5.16. The van der Waals surface area contributed by atoms with E-state index in [1.54, 1.807) is 12.1 Å². The second kappa shape index (κ2) is 6.36. The molecule has 5 nitrogen and oxygen atoms in total. The summed E-state index contributed by atoms with van der Waals surface area (Å²) in [5.41, 5.74) is 3.44. The molecule has 4 rings (SSSR count). The van der Waals surface area contributed by atoms with Crippen LogP contribution in [0.15, 0.2) is 24.3 Å². The third kappa shape index (κ3) is 2.82. The summed E-state index contributed by atoms with van der Waals surface area (Å²) in [5.74, 6) is -0.00499. The number of aromatic amines is 1. The smallest absolute Gasteiger partial charge is 0.272 e. The number of amides is 1. The monoisotopic (exact) mass is 328 g/mol. The van der Waals surface area contributed by atoms with Crippen LogP contribution in [0.5, 0.6) is 0 Å². The molecule has 126 valence electrons. The highest BCUT2D eigenvalue weighted by atomic mass is 19.1. The van der Waals surface area contributed by atoms with Crippen molar-refractivity contribution in [3.05, 3.63) is 52.6 Å². The zero-order valence-electron chi connectivity index (χ0n) is 13.4. The first-order chi connectivity index (χ1) is 11.7. The Morgan fingerprint density at radius 3 is 2.79 bits per heavy atom. The minimum absolute atomic E-state index is 0.0873. The van der Waals surface area contributed by atoms with E-state index in [9.17, 15) is 9.18 Å². The summed E-state index contributed by atoms with van der Waals surface area (Å²) in [5, 5.41) is 13.6. The highest BCUT2D eigenvalue weighted by molar-refractivity contribution is 5.94. The van der Waals surface area contributed by atoms with Crippen molar-refractivity contribution in [3.63, 3.8) is 0 Å². The number of fused-ring (bicyclic) bond motifs is 1. The van der Waals surface area contributed by atoms with Crippen molar-refractivity contribution >= 4 is 5.91 Å². The number of nitrogens with one attached hydrogen (secondary N) is 3. The van der Waals surface area contributed by atoms with Crippen LogP contribution in [0.25, 0.3) is 0 Å².